The summed E-state index contributed by atoms with van der Waals surface area (Å²) in [6.45, 7) is 6.49. The summed E-state index contributed by atoms with van der Waals surface area (Å²) in [6.07, 6.45) is -2.14. The van der Waals surface area contributed by atoms with Gasteiger partial charge in [0.2, 0.25) is 11.8 Å². The molecule has 1 aromatic heterocycles. The molecule has 0 bridgehead atoms. The Kier molecular flexibility index (Phi) is 10.2. The van der Waals surface area contributed by atoms with Crippen LogP contribution in [-0.4, -0.2) is 41.7 Å². The molecule has 0 atom stereocenters. The SMILES string of the molecule is C=CC(=O)Nc1cc2c(Oc3ccc(NC(=O)Nc4ccc(Br)c(C(F)(F)F)c4)cc3)ncnc2cc1OCCOCC. The molecule has 0 fully saturated rings. The summed E-state index contributed by atoms with van der Waals surface area (Å²) < 4.78 is 56.4. The Labute approximate surface area is 252 Å². The molecule has 0 unspecified atom stereocenters. The lowest BCUT2D eigenvalue weighted by atomic mass is 10.2. The molecule has 1 heterocycles. The van der Waals surface area contributed by atoms with Gasteiger partial charge in [0.25, 0.3) is 0 Å². The maximum atomic E-state index is 13.2. The minimum atomic E-state index is -4.58. The fourth-order valence-electron chi connectivity index (χ4n) is 3.73. The minimum absolute atomic E-state index is 0.0323. The molecule has 0 aliphatic rings. The molecular formula is C29H25BrF3N5O5. The number of nitrogens with one attached hydrogen (secondary N) is 3. The number of aromatic nitrogens is 2. The van der Waals surface area contributed by atoms with Crippen molar-refractivity contribution >= 4 is 55.8 Å². The highest BCUT2D eigenvalue weighted by atomic mass is 79.9. The van der Waals surface area contributed by atoms with E-state index in [9.17, 15) is 22.8 Å². The van der Waals surface area contributed by atoms with Crippen molar-refractivity contribution < 1.29 is 37.0 Å². The summed E-state index contributed by atoms with van der Waals surface area (Å²) in [6, 6.07) is 12.1. The first kappa shape index (κ1) is 31.3. The molecule has 43 heavy (non-hydrogen) atoms. The van der Waals surface area contributed by atoms with Gasteiger partial charge >= 0.3 is 12.2 Å². The van der Waals surface area contributed by atoms with Crippen molar-refractivity contribution in [3.63, 3.8) is 0 Å². The third-order valence-corrected chi connectivity index (χ3v) is 6.38. The molecule has 10 nitrogen and oxygen atoms in total. The van der Waals surface area contributed by atoms with Gasteiger partial charge in [0.05, 0.1) is 28.8 Å². The van der Waals surface area contributed by atoms with Gasteiger partial charge in [-0.3, -0.25) is 4.79 Å². The maximum Gasteiger partial charge on any atom is 0.417 e. The van der Waals surface area contributed by atoms with Crippen LogP contribution in [0.3, 0.4) is 0 Å². The Bertz CT molecular complexity index is 1630. The number of ether oxygens (including phenoxy) is 3. The molecule has 0 spiro atoms. The zero-order chi connectivity index (χ0) is 31.0. The predicted molar refractivity (Wildman–Crippen MR) is 159 cm³/mol. The van der Waals surface area contributed by atoms with E-state index in [1.165, 1.54) is 18.5 Å². The molecule has 224 valence electrons. The van der Waals surface area contributed by atoms with E-state index < -0.39 is 23.7 Å². The molecule has 0 aliphatic heterocycles. The van der Waals surface area contributed by atoms with Gasteiger partial charge in [0, 0.05) is 28.5 Å². The Hall–Kier alpha value is -4.69. The van der Waals surface area contributed by atoms with Crippen LogP contribution in [0.2, 0.25) is 0 Å². The zero-order valence-electron chi connectivity index (χ0n) is 22.6. The maximum absolute atomic E-state index is 13.2. The molecule has 0 radical (unpaired) electrons. The predicted octanol–water partition coefficient (Wildman–Crippen LogP) is 7.39. The second kappa shape index (κ2) is 14.0. The molecule has 3 amide bonds. The molecule has 3 aromatic carbocycles. The summed E-state index contributed by atoms with van der Waals surface area (Å²) in [5, 5.41) is 8.11. The van der Waals surface area contributed by atoms with Gasteiger partial charge in [-0.1, -0.05) is 22.5 Å². The lowest BCUT2D eigenvalue weighted by Crippen LogP contribution is -2.19. The number of amides is 3. The average molecular weight is 660 g/mol. The van der Waals surface area contributed by atoms with Gasteiger partial charge in [-0.05, 0) is 61.5 Å². The lowest BCUT2D eigenvalue weighted by molar-refractivity contribution is -0.138. The summed E-state index contributed by atoms with van der Waals surface area (Å²) in [5.74, 6) is 0.483. The highest BCUT2D eigenvalue weighted by Gasteiger charge is 2.33. The summed E-state index contributed by atoms with van der Waals surface area (Å²) in [5.41, 5.74) is 0.255. The molecular weight excluding hydrogens is 635 g/mol. The average Bonchev–Trinajstić information content (AvgIpc) is 2.97. The van der Waals surface area contributed by atoms with Crippen LogP contribution in [0.1, 0.15) is 12.5 Å². The molecule has 3 N–H and O–H groups in total. The largest absolute Gasteiger partial charge is 0.489 e. The van der Waals surface area contributed by atoms with Crippen LogP contribution < -0.4 is 25.4 Å². The van der Waals surface area contributed by atoms with Gasteiger partial charge in [-0.15, -0.1) is 0 Å². The molecule has 0 saturated carbocycles. The number of carbonyl (C=O) groups is 2. The van der Waals surface area contributed by atoms with Crippen molar-refractivity contribution in [2.45, 2.75) is 13.1 Å². The van der Waals surface area contributed by atoms with Crippen LogP contribution in [-0.2, 0) is 15.7 Å². The number of carbonyl (C=O) groups excluding carboxylic acids is 2. The Morgan fingerprint density at radius 2 is 1.70 bits per heavy atom. The normalized spacial score (nSPS) is 11.1. The van der Waals surface area contributed by atoms with Gasteiger partial charge in [-0.2, -0.15) is 13.2 Å². The topological polar surface area (TPSA) is 124 Å². The first-order chi connectivity index (χ1) is 20.6. The smallest absolute Gasteiger partial charge is 0.417 e. The van der Waals surface area contributed by atoms with E-state index in [4.69, 9.17) is 14.2 Å². The fourth-order valence-corrected chi connectivity index (χ4v) is 4.20. The molecule has 4 aromatic rings. The van der Waals surface area contributed by atoms with Crippen molar-refractivity contribution in [3.8, 4) is 17.4 Å². The fraction of sp³-hybridized carbons (Fsp3) is 0.172. The highest BCUT2D eigenvalue weighted by molar-refractivity contribution is 9.10. The van der Waals surface area contributed by atoms with Crippen molar-refractivity contribution in [3.05, 3.63) is 83.6 Å². The van der Waals surface area contributed by atoms with Crippen molar-refractivity contribution in [1.29, 1.82) is 0 Å². The Balaban J connectivity index is 1.48. The number of halogens is 4. The summed E-state index contributed by atoms with van der Waals surface area (Å²) >= 11 is 2.86. The number of hydrogen-bond acceptors (Lipinski definition) is 7. The number of rotatable bonds is 11. The van der Waals surface area contributed by atoms with Crippen molar-refractivity contribution in [1.82, 2.24) is 9.97 Å². The quantitative estimate of drug-likeness (QED) is 0.113. The van der Waals surface area contributed by atoms with E-state index in [0.717, 1.165) is 12.1 Å². The number of urea groups is 1. The van der Waals surface area contributed by atoms with Gasteiger partial charge in [0.15, 0.2) is 0 Å². The second-order valence-corrected chi connectivity index (χ2v) is 9.54. The molecule has 4 rings (SSSR count). The van der Waals surface area contributed by atoms with E-state index in [-0.39, 0.29) is 22.6 Å². The van der Waals surface area contributed by atoms with Crippen LogP contribution in [0, 0.1) is 0 Å². The van der Waals surface area contributed by atoms with E-state index in [2.05, 4.69) is 48.4 Å². The third kappa shape index (κ3) is 8.42. The number of alkyl halides is 3. The van der Waals surface area contributed by atoms with E-state index in [0.29, 0.717) is 47.0 Å². The molecule has 0 saturated heterocycles. The second-order valence-electron chi connectivity index (χ2n) is 8.68. The van der Waals surface area contributed by atoms with E-state index in [1.807, 2.05) is 6.92 Å². The van der Waals surface area contributed by atoms with Gasteiger partial charge in [0.1, 0.15) is 24.4 Å². The van der Waals surface area contributed by atoms with Crippen LogP contribution in [0.15, 0.2) is 78.1 Å². The van der Waals surface area contributed by atoms with Gasteiger partial charge in [-0.25, -0.2) is 14.8 Å². The number of benzene rings is 3. The van der Waals surface area contributed by atoms with Crippen molar-refractivity contribution in [2.24, 2.45) is 0 Å². The third-order valence-electron chi connectivity index (χ3n) is 5.69. The number of nitrogens with zero attached hydrogens (tertiary/aromatic N) is 2. The van der Waals surface area contributed by atoms with Crippen molar-refractivity contribution in [2.75, 3.05) is 35.8 Å². The van der Waals surface area contributed by atoms with E-state index >= 15 is 0 Å². The monoisotopic (exact) mass is 659 g/mol. The highest BCUT2D eigenvalue weighted by Crippen LogP contribution is 2.37. The minimum Gasteiger partial charge on any atom is -0.489 e. The standard InChI is InChI=1S/C29H25BrF3N5O5/c1-3-26(39)38-24-14-20-23(15-25(24)42-12-11-41-4-2)34-16-35-27(20)43-19-8-5-17(6-9-19)36-28(40)37-18-7-10-22(30)21(13-18)29(31,32)33/h3,5-10,13-16H,1,4,11-12H2,2H3,(H,38,39)(H2,36,37,40). The molecule has 0 aliphatic carbocycles. The number of anilines is 3. The van der Waals surface area contributed by atoms with Crippen LogP contribution in [0.5, 0.6) is 17.4 Å². The summed E-state index contributed by atoms with van der Waals surface area (Å²) in [7, 11) is 0. The van der Waals surface area contributed by atoms with Gasteiger partial charge < -0.3 is 30.2 Å². The lowest BCUT2D eigenvalue weighted by Gasteiger charge is -2.15. The number of hydrogen-bond donors (Lipinski definition) is 3. The van der Waals surface area contributed by atoms with E-state index in [1.54, 1.807) is 36.4 Å². The van der Waals surface area contributed by atoms with Crippen LogP contribution >= 0.6 is 15.9 Å². The zero-order valence-corrected chi connectivity index (χ0v) is 24.2. The van der Waals surface area contributed by atoms with Crippen LogP contribution in [0.4, 0.5) is 35.0 Å². The summed E-state index contributed by atoms with van der Waals surface area (Å²) in [4.78, 5) is 32.9. The first-order valence-electron chi connectivity index (χ1n) is 12.7. The first-order valence-corrected chi connectivity index (χ1v) is 13.5. The van der Waals surface area contributed by atoms with Crippen LogP contribution in [0.25, 0.3) is 10.9 Å². The Morgan fingerprint density at radius 1 is 0.977 bits per heavy atom. The molecule has 14 heteroatoms. The number of fused-ring (bicyclic) bond motifs is 1. The Morgan fingerprint density at radius 3 is 2.40 bits per heavy atom.